The van der Waals surface area contributed by atoms with Crippen molar-refractivity contribution in [1.29, 1.82) is 0 Å². The van der Waals surface area contributed by atoms with E-state index in [0.29, 0.717) is 0 Å². The minimum atomic E-state index is 0.731. The summed E-state index contributed by atoms with van der Waals surface area (Å²) in [5.41, 5.74) is 26.8. The first-order valence-electron chi connectivity index (χ1n) is 39.3. The summed E-state index contributed by atoms with van der Waals surface area (Å²) < 4.78 is 0. The van der Waals surface area contributed by atoms with Gasteiger partial charge in [-0.2, -0.15) is 0 Å². The Morgan fingerprint density at radius 2 is 0.580 bits per heavy atom. The van der Waals surface area contributed by atoms with Crippen LogP contribution in [-0.2, 0) is 25.7 Å². The monoisotopic (exact) mass is 1310 g/mol. The molecule has 0 N–H and O–H groups in total. The molecule has 0 saturated carbocycles. The van der Waals surface area contributed by atoms with Crippen LogP contribution in [0.1, 0.15) is 215 Å². The van der Waals surface area contributed by atoms with Crippen molar-refractivity contribution in [2.45, 2.75) is 221 Å². The van der Waals surface area contributed by atoms with E-state index in [2.05, 4.69) is 260 Å². The highest BCUT2D eigenvalue weighted by molar-refractivity contribution is 6.25. The largest absolute Gasteiger partial charge is 0.228 e. The highest BCUT2D eigenvalue weighted by Crippen LogP contribution is 2.44. The summed E-state index contributed by atoms with van der Waals surface area (Å²) >= 11 is 0. The molecule has 0 atom stereocenters. The molecule has 0 aliphatic rings. The van der Waals surface area contributed by atoms with Crippen LogP contribution in [0.3, 0.4) is 0 Å². The second kappa shape index (κ2) is 36.1. The van der Waals surface area contributed by atoms with Gasteiger partial charge in [0.2, 0.25) is 0 Å². The minimum absolute atomic E-state index is 0.731. The predicted octanol–water partition coefficient (Wildman–Crippen LogP) is 29.5. The summed E-state index contributed by atoms with van der Waals surface area (Å²) in [6.45, 7) is 13.9. The van der Waals surface area contributed by atoms with Crippen molar-refractivity contribution in [2.24, 2.45) is 0 Å². The minimum Gasteiger partial charge on any atom is -0.228 e. The fraction of sp³-hybridized carbons (Fsp3) is 0.347. The van der Waals surface area contributed by atoms with Crippen LogP contribution in [0.4, 0.5) is 0 Å². The van der Waals surface area contributed by atoms with Crippen LogP contribution in [-0.4, -0.2) is 9.97 Å². The highest BCUT2D eigenvalue weighted by atomic mass is 14.9. The summed E-state index contributed by atoms with van der Waals surface area (Å²) in [5.74, 6) is 0.731. The molecule has 512 valence electrons. The van der Waals surface area contributed by atoms with Gasteiger partial charge in [0.25, 0.3) is 0 Å². The Morgan fingerprint density at radius 1 is 0.220 bits per heavy atom. The Kier molecular flexibility index (Phi) is 25.6. The van der Waals surface area contributed by atoms with Crippen LogP contribution in [0.2, 0.25) is 0 Å². The van der Waals surface area contributed by atoms with Crippen molar-refractivity contribution >= 4 is 32.3 Å². The zero-order chi connectivity index (χ0) is 68.8. The van der Waals surface area contributed by atoms with Gasteiger partial charge in [-0.25, -0.2) is 9.97 Å². The molecule has 2 heteroatoms. The molecule has 12 rings (SSSR count). The third-order valence-electron chi connectivity index (χ3n) is 21.5. The number of unbranched alkanes of at least 4 members (excludes halogenated alkanes) is 20. The number of benzene rings is 11. The fourth-order valence-corrected chi connectivity index (χ4v) is 15.7. The van der Waals surface area contributed by atoms with Gasteiger partial charge < -0.3 is 0 Å². The van der Waals surface area contributed by atoms with E-state index >= 15 is 0 Å². The smallest absolute Gasteiger partial charge is 0.160 e. The van der Waals surface area contributed by atoms with E-state index < -0.39 is 0 Å². The van der Waals surface area contributed by atoms with Crippen LogP contribution < -0.4 is 0 Å². The molecule has 100 heavy (non-hydrogen) atoms. The van der Waals surface area contributed by atoms with Crippen molar-refractivity contribution in [3.63, 3.8) is 0 Å². The van der Waals surface area contributed by atoms with Gasteiger partial charge in [0, 0.05) is 16.7 Å². The van der Waals surface area contributed by atoms with Crippen molar-refractivity contribution in [1.82, 2.24) is 9.97 Å². The maximum atomic E-state index is 5.36. The molecule has 0 spiro atoms. The third-order valence-corrected chi connectivity index (χ3v) is 21.5. The van der Waals surface area contributed by atoms with E-state index in [1.807, 2.05) is 0 Å². The lowest BCUT2D eigenvalue weighted by atomic mass is 9.83. The number of hydrogen-bond acceptors (Lipinski definition) is 2. The molecule has 0 unspecified atom stereocenters. The molecule has 0 saturated heterocycles. The molecule has 0 amide bonds. The normalized spacial score (nSPS) is 11.6. The predicted molar refractivity (Wildman–Crippen MR) is 436 cm³/mol. The first-order chi connectivity index (χ1) is 49.3. The van der Waals surface area contributed by atoms with Crippen molar-refractivity contribution < 1.29 is 0 Å². The number of fused-ring (bicyclic) bond motifs is 6. The first-order valence-corrected chi connectivity index (χ1v) is 39.3. The summed E-state index contributed by atoms with van der Waals surface area (Å²) in [6.07, 6.45) is 35.0. The molecule has 0 fully saturated rings. The van der Waals surface area contributed by atoms with Gasteiger partial charge >= 0.3 is 0 Å². The Labute approximate surface area is 601 Å². The van der Waals surface area contributed by atoms with Crippen LogP contribution in [0.25, 0.3) is 122 Å². The summed E-state index contributed by atoms with van der Waals surface area (Å²) in [6, 6.07) is 83.7. The topological polar surface area (TPSA) is 25.8 Å². The summed E-state index contributed by atoms with van der Waals surface area (Å²) in [5, 5.41) is 7.90. The second-order valence-electron chi connectivity index (χ2n) is 29.2. The molecule has 0 radical (unpaired) electrons. The van der Waals surface area contributed by atoms with E-state index in [0.717, 1.165) is 59.6 Å². The van der Waals surface area contributed by atoms with E-state index in [-0.39, 0.29) is 0 Å². The standard InChI is InChI=1S/C98H110N2/c1-7-11-15-19-23-28-41-77-66-93(80(61-72(77)6)42-29-24-20-16-12-8-2)85-63-84(79-59-60-91-89-49-35-34-47-87(89)88-48-36-37-50-90(88)95(91)67-79)64-86(65-85)94-69-81(43-30-25-21-17-13-9-3)92(68-82(94)44-31-26-22-18-14-10-4)74-55-57-75(58-56-74)96-70-97(100-98(99-96)76-39-32-27-33-40-76)83-46-38-45-78(62-83)73-53-51-71(5)52-54-73/h27,32-40,45-70H,7-26,28-31,41-44H2,1-6H3. The molecule has 0 aliphatic carbocycles. The van der Waals surface area contributed by atoms with Crippen LogP contribution in [0, 0.1) is 13.8 Å². The molecular weight excluding hydrogens is 1210 g/mol. The average molecular weight is 1320 g/mol. The van der Waals surface area contributed by atoms with E-state index in [9.17, 15) is 0 Å². The zero-order valence-corrected chi connectivity index (χ0v) is 61.5. The molecular formula is C98H110N2. The van der Waals surface area contributed by atoms with E-state index in [1.165, 1.54) is 275 Å². The van der Waals surface area contributed by atoms with Gasteiger partial charge in [-0.3, -0.25) is 0 Å². The maximum Gasteiger partial charge on any atom is 0.160 e. The fourth-order valence-electron chi connectivity index (χ4n) is 15.7. The molecule has 1 aromatic heterocycles. The van der Waals surface area contributed by atoms with E-state index in [4.69, 9.17) is 9.97 Å². The highest BCUT2D eigenvalue weighted by Gasteiger charge is 2.21. The Hall–Kier alpha value is -8.72. The van der Waals surface area contributed by atoms with Gasteiger partial charge in [-0.15, -0.1) is 0 Å². The number of aromatic nitrogens is 2. The number of hydrogen-bond donors (Lipinski definition) is 0. The Balaban J connectivity index is 1.02. The molecule has 0 aliphatic heterocycles. The quantitative estimate of drug-likeness (QED) is 0.0289. The Bertz CT molecular complexity index is 4570. The SMILES string of the molecule is CCCCCCCCc1cc(-c2cc(-c3ccc4c5ccccc5c5ccccc5c4c3)cc(-c3cc(CCCCCCCC)c(-c4ccc(-c5cc(-c6cccc(-c7ccc(C)cc7)c6)nc(-c6ccccc6)n5)cc4)cc3CCCCCCCC)c2)c(CCCCCCCC)cc1C. The average Bonchev–Trinajstić information content (AvgIpc) is 0.747. The first kappa shape index (κ1) is 71.1. The summed E-state index contributed by atoms with van der Waals surface area (Å²) in [7, 11) is 0. The third kappa shape index (κ3) is 18.1. The molecule has 12 aromatic rings. The molecule has 1 heterocycles. The maximum absolute atomic E-state index is 5.36. The van der Waals surface area contributed by atoms with E-state index in [1.54, 1.807) is 0 Å². The number of aryl methyl sites for hydroxylation is 6. The lowest BCUT2D eigenvalue weighted by Crippen LogP contribution is -2.01. The van der Waals surface area contributed by atoms with Gasteiger partial charge in [0.1, 0.15) is 0 Å². The Morgan fingerprint density at radius 3 is 1.11 bits per heavy atom. The zero-order valence-electron chi connectivity index (χ0n) is 61.5. The van der Waals surface area contributed by atoms with Gasteiger partial charge in [0.05, 0.1) is 11.4 Å². The number of nitrogens with zero attached hydrogens (tertiary/aromatic N) is 2. The lowest BCUT2D eigenvalue weighted by Gasteiger charge is -2.21. The molecule has 0 bridgehead atoms. The van der Waals surface area contributed by atoms with Crippen LogP contribution in [0.5, 0.6) is 0 Å². The van der Waals surface area contributed by atoms with Crippen molar-refractivity contribution in [3.8, 4) is 89.5 Å². The van der Waals surface area contributed by atoms with Gasteiger partial charge in [0.15, 0.2) is 5.82 Å². The molecule has 11 aromatic carbocycles. The lowest BCUT2D eigenvalue weighted by molar-refractivity contribution is 0.605. The summed E-state index contributed by atoms with van der Waals surface area (Å²) in [4.78, 5) is 10.6. The van der Waals surface area contributed by atoms with Gasteiger partial charge in [-0.05, 0) is 217 Å². The van der Waals surface area contributed by atoms with Crippen molar-refractivity contribution in [3.05, 3.63) is 252 Å². The van der Waals surface area contributed by atoms with Crippen LogP contribution >= 0.6 is 0 Å². The van der Waals surface area contributed by atoms with Crippen LogP contribution in [0.15, 0.2) is 218 Å². The number of rotatable bonds is 36. The molecule has 2 nitrogen and oxygen atoms in total. The van der Waals surface area contributed by atoms with Gasteiger partial charge in [-0.1, -0.05) is 344 Å². The second-order valence-corrected chi connectivity index (χ2v) is 29.2. The van der Waals surface area contributed by atoms with Crippen molar-refractivity contribution in [2.75, 3.05) is 0 Å².